The van der Waals surface area contributed by atoms with Crippen molar-refractivity contribution in [3.8, 4) is 5.82 Å². The molecule has 1 fully saturated rings. The van der Waals surface area contributed by atoms with Crippen molar-refractivity contribution in [3.63, 3.8) is 0 Å². The number of imidazole rings is 1. The van der Waals surface area contributed by atoms with Gasteiger partial charge in [0.25, 0.3) is 0 Å². The maximum absolute atomic E-state index is 12.6. The molecule has 2 aromatic heterocycles. The third kappa shape index (κ3) is 4.36. The van der Waals surface area contributed by atoms with Gasteiger partial charge in [0.1, 0.15) is 23.8 Å². The van der Waals surface area contributed by atoms with Gasteiger partial charge in [0.15, 0.2) is 0 Å². The Morgan fingerprint density at radius 1 is 1.07 bits per heavy atom. The highest BCUT2D eigenvalue weighted by Crippen LogP contribution is 2.27. The lowest BCUT2D eigenvalue weighted by atomic mass is 9.96. The average molecular weight is 431 g/mol. The van der Waals surface area contributed by atoms with Crippen LogP contribution in [0.3, 0.4) is 0 Å². The molecule has 1 amide bonds. The number of aryl methyl sites for hydroxylation is 1. The largest absolute Gasteiger partial charge is 0.356 e. The molecule has 1 aliphatic rings. The lowest BCUT2D eigenvalue weighted by Gasteiger charge is -2.32. The quantitative estimate of drug-likeness (QED) is 0.672. The predicted octanol–water partition coefficient (Wildman–Crippen LogP) is 4.13. The summed E-state index contributed by atoms with van der Waals surface area (Å²) in [5.41, 5.74) is 0.656. The van der Waals surface area contributed by atoms with Crippen molar-refractivity contribution in [3.05, 3.63) is 58.9 Å². The number of anilines is 2. The lowest BCUT2D eigenvalue weighted by Crippen LogP contribution is -2.38. The van der Waals surface area contributed by atoms with E-state index in [9.17, 15) is 4.79 Å². The van der Waals surface area contributed by atoms with Crippen molar-refractivity contribution in [2.24, 2.45) is 5.92 Å². The molecule has 0 atom stereocenters. The van der Waals surface area contributed by atoms with Crippen LogP contribution in [-0.2, 0) is 4.79 Å². The van der Waals surface area contributed by atoms with Crippen LogP contribution in [0.15, 0.2) is 43.0 Å². The summed E-state index contributed by atoms with van der Waals surface area (Å²) in [6, 6.07) is 7.04. The molecule has 0 bridgehead atoms. The number of halogens is 2. The standard InChI is InChI=1S/C20H20Cl2N6O/c1-13-23-6-9-28(13)19-11-18(24-12-25-19)27-7-4-14(5-8-27)20(29)26-15-2-3-16(21)17(22)10-15/h2-3,6,9-12,14H,4-5,7-8H2,1H3,(H,26,29). The first kappa shape index (κ1) is 19.7. The number of piperidine rings is 1. The summed E-state index contributed by atoms with van der Waals surface area (Å²) in [6.45, 7) is 3.43. The molecule has 7 nitrogen and oxygen atoms in total. The number of nitrogens with zero attached hydrogens (tertiary/aromatic N) is 5. The monoisotopic (exact) mass is 430 g/mol. The first-order chi connectivity index (χ1) is 14.0. The fourth-order valence-electron chi connectivity index (χ4n) is 3.45. The van der Waals surface area contributed by atoms with Gasteiger partial charge in [-0.1, -0.05) is 23.2 Å². The highest BCUT2D eigenvalue weighted by Gasteiger charge is 2.26. The number of hydrogen-bond donors (Lipinski definition) is 1. The van der Waals surface area contributed by atoms with Gasteiger partial charge in [-0.05, 0) is 38.0 Å². The summed E-state index contributed by atoms with van der Waals surface area (Å²) in [4.78, 5) is 27.8. The summed E-state index contributed by atoms with van der Waals surface area (Å²) < 4.78 is 1.92. The number of rotatable bonds is 4. The van der Waals surface area contributed by atoms with Crippen molar-refractivity contribution in [1.82, 2.24) is 19.5 Å². The highest BCUT2D eigenvalue weighted by molar-refractivity contribution is 6.42. The fourth-order valence-corrected chi connectivity index (χ4v) is 3.75. The van der Waals surface area contributed by atoms with E-state index in [1.165, 1.54) is 0 Å². The van der Waals surface area contributed by atoms with Crippen LogP contribution in [-0.4, -0.2) is 38.5 Å². The highest BCUT2D eigenvalue weighted by atomic mass is 35.5. The van der Waals surface area contributed by atoms with Crippen LogP contribution in [0.1, 0.15) is 18.7 Å². The van der Waals surface area contributed by atoms with E-state index in [0.29, 0.717) is 15.7 Å². The number of carbonyl (C=O) groups excluding carboxylic acids is 1. The summed E-state index contributed by atoms with van der Waals surface area (Å²) >= 11 is 11.9. The van der Waals surface area contributed by atoms with E-state index in [2.05, 4.69) is 25.2 Å². The maximum atomic E-state index is 12.6. The van der Waals surface area contributed by atoms with Crippen molar-refractivity contribution < 1.29 is 4.79 Å². The van der Waals surface area contributed by atoms with E-state index < -0.39 is 0 Å². The Morgan fingerprint density at radius 2 is 1.83 bits per heavy atom. The van der Waals surface area contributed by atoms with E-state index in [1.807, 2.05) is 23.8 Å². The van der Waals surface area contributed by atoms with Crippen LogP contribution in [0, 0.1) is 12.8 Å². The van der Waals surface area contributed by atoms with E-state index in [1.54, 1.807) is 30.7 Å². The summed E-state index contributed by atoms with van der Waals surface area (Å²) in [5, 5.41) is 3.82. The average Bonchev–Trinajstić information content (AvgIpc) is 3.17. The number of amides is 1. The third-order valence-electron chi connectivity index (χ3n) is 5.09. The Morgan fingerprint density at radius 3 is 2.52 bits per heavy atom. The molecule has 1 N–H and O–H groups in total. The number of carbonyl (C=O) groups is 1. The molecule has 4 rings (SSSR count). The third-order valence-corrected chi connectivity index (χ3v) is 5.83. The Labute approximate surface area is 178 Å². The molecule has 0 radical (unpaired) electrons. The molecule has 3 aromatic rings. The van der Waals surface area contributed by atoms with E-state index >= 15 is 0 Å². The zero-order valence-electron chi connectivity index (χ0n) is 15.8. The maximum Gasteiger partial charge on any atom is 0.227 e. The van der Waals surface area contributed by atoms with Crippen molar-refractivity contribution >= 4 is 40.6 Å². The molecule has 0 spiro atoms. The molecule has 29 heavy (non-hydrogen) atoms. The van der Waals surface area contributed by atoms with Gasteiger partial charge in [0, 0.05) is 43.2 Å². The molecular weight excluding hydrogens is 411 g/mol. The van der Waals surface area contributed by atoms with Gasteiger partial charge in [-0.2, -0.15) is 0 Å². The van der Waals surface area contributed by atoms with E-state index in [4.69, 9.17) is 23.2 Å². The zero-order valence-corrected chi connectivity index (χ0v) is 17.4. The van der Waals surface area contributed by atoms with Gasteiger partial charge in [0.2, 0.25) is 5.91 Å². The van der Waals surface area contributed by atoms with Gasteiger partial charge in [-0.25, -0.2) is 15.0 Å². The van der Waals surface area contributed by atoms with Crippen LogP contribution < -0.4 is 10.2 Å². The molecule has 9 heteroatoms. The first-order valence-corrected chi connectivity index (χ1v) is 10.1. The lowest BCUT2D eigenvalue weighted by molar-refractivity contribution is -0.120. The molecule has 0 unspecified atom stereocenters. The number of nitrogens with one attached hydrogen (secondary N) is 1. The zero-order chi connectivity index (χ0) is 20.4. The second-order valence-corrected chi connectivity index (χ2v) is 7.77. The van der Waals surface area contributed by atoms with Crippen molar-refractivity contribution in [1.29, 1.82) is 0 Å². The predicted molar refractivity (Wildman–Crippen MR) is 114 cm³/mol. The first-order valence-electron chi connectivity index (χ1n) is 9.34. The van der Waals surface area contributed by atoms with Crippen LogP contribution >= 0.6 is 23.2 Å². The molecule has 1 aliphatic heterocycles. The Kier molecular flexibility index (Phi) is 5.69. The summed E-state index contributed by atoms with van der Waals surface area (Å²) in [7, 11) is 0. The second-order valence-electron chi connectivity index (χ2n) is 6.96. The Bertz CT molecular complexity index is 1030. The minimum absolute atomic E-state index is 0.000422. The number of benzene rings is 1. The van der Waals surface area contributed by atoms with E-state index in [-0.39, 0.29) is 11.8 Å². The van der Waals surface area contributed by atoms with Crippen LogP contribution in [0.2, 0.25) is 10.0 Å². The minimum Gasteiger partial charge on any atom is -0.356 e. The van der Waals surface area contributed by atoms with Crippen LogP contribution in [0.25, 0.3) is 5.82 Å². The Hall–Kier alpha value is -2.64. The molecule has 0 aliphatic carbocycles. The summed E-state index contributed by atoms with van der Waals surface area (Å²) in [6.07, 6.45) is 6.68. The molecule has 1 aromatic carbocycles. The van der Waals surface area contributed by atoms with Crippen LogP contribution in [0.4, 0.5) is 11.5 Å². The van der Waals surface area contributed by atoms with Gasteiger partial charge in [0.05, 0.1) is 10.0 Å². The van der Waals surface area contributed by atoms with Crippen molar-refractivity contribution in [2.45, 2.75) is 19.8 Å². The Balaban J connectivity index is 1.38. The second kappa shape index (κ2) is 8.39. The SMILES string of the molecule is Cc1nccn1-c1cc(N2CCC(C(=O)Nc3ccc(Cl)c(Cl)c3)CC2)ncn1. The molecule has 1 saturated heterocycles. The molecule has 0 saturated carbocycles. The topological polar surface area (TPSA) is 75.9 Å². The van der Waals surface area contributed by atoms with Crippen LogP contribution in [0.5, 0.6) is 0 Å². The summed E-state index contributed by atoms with van der Waals surface area (Å²) in [5.74, 6) is 2.45. The van der Waals surface area contributed by atoms with Gasteiger partial charge < -0.3 is 10.2 Å². The molecular formula is C20H20Cl2N6O. The number of hydrogen-bond acceptors (Lipinski definition) is 5. The van der Waals surface area contributed by atoms with Gasteiger partial charge >= 0.3 is 0 Å². The normalized spacial score (nSPS) is 14.8. The molecule has 150 valence electrons. The number of aromatic nitrogens is 4. The molecule has 3 heterocycles. The van der Waals surface area contributed by atoms with E-state index in [0.717, 1.165) is 43.4 Å². The van der Waals surface area contributed by atoms with Gasteiger partial charge in [-0.3, -0.25) is 9.36 Å². The minimum atomic E-state index is -0.0575. The van der Waals surface area contributed by atoms with Crippen molar-refractivity contribution in [2.75, 3.05) is 23.3 Å². The van der Waals surface area contributed by atoms with Gasteiger partial charge in [-0.15, -0.1) is 0 Å². The fraction of sp³-hybridized carbons (Fsp3) is 0.300. The smallest absolute Gasteiger partial charge is 0.227 e.